The number of sulfonamides is 1. The molecule has 2 aromatic rings. The molecular weight excluding hydrogens is 360 g/mol. The third kappa shape index (κ3) is 3.86. The van der Waals surface area contributed by atoms with E-state index in [2.05, 4.69) is 5.32 Å². The van der Waals surface area contributed by atoms with Crippen molar-refractivity contribution < 1.29 is 13.2 Å². The molecule has 2 aromatic carbocycles. The van der Waals surface area contributed by atoms with Gasteiger partial charge in [-0.05, 0) is 56.2 Å². The van der Waals surface area contributed by atoms with Gasteiger partial charge in [-0.25, -0.2) is 8.42 Å². The van der Waals surface area contributed by atoms with E-state index in [0.29, 0.717) is 30.1 Å². The summed E-state index contributed by atoms with van der Waals surface area (Å²) < 4.78 is 27.1. The summed E-state index contributed by atoms with van der Waals surface area (Å²) in [6, 6.07) is 12.7. The van der Waals surface area contributed by atoms with Crippen LogP contribution in [0.4, 0.5) is 5.69 Å². The van der Waals surface area contributed by atoms with Crippen molar-refractivity contribution in [1.29, 1.82) is 0 Å². The predicted molar refractivity (Wildman–Crippen MR) is 98.2 cm³/mol. The lowest BCUT2D eigenvalue weighted by Gasteiger charge is -2.23. The van der Waals surface area contributed by atoms with E-state index in [1.165, 1.54) is 4.31 Å². The molecule has 1 saturated heterocycles. The number of carbonyl (C=O) groups is 1. The molecule has 0 bridgehead atoms. The standard InChI is InChI=1S/C18H19ClN2O3S/c1-13-4-10-16(11-5-13)25(23,24)21-12-2-3-17(21)18(22)20-15-8-6-14(19)7-9-15/h4-11,17H,2-3,12H2,1H3,(H,20,22). The smallest absolute Gasteiger partial charge is 0.243 e. The van der Waals surface area contributed by atoms with Crippen LogP contribution in [0.25, 0.3) is 0 Å². The maximum Gasteiger partial charge on any atom is 0.243 e. The van der Waals surface area contributed by atoms with Crippen molar-refractivity contribution in [2.24, 2.45) is 0 Å². The molecule has 3 rings (SSSR count). The molecule has 0 aromatic heterocycles. The van der Waals surface area contributed by atoms with Gasteiger partial charge in [0.1, 0.15) is 6.04 Å². The number of halogens is 1. The highest BCUT2D eigenvalue weighted by Gasteiger charge is 2.39. The van der Waals surface area contributed by atoms with Crippen molar-refractivity contribution in [1.82, 2.24) is 4.31 Å². The monoisotopic (exact) mass is 378 g/mol. The van der Waals surface area contributed by atoms with Crippen LogP contribution in [0.15, 0.2) is 53.4 Å². The second kappa shape index (κ2) is 7.15. The molecule has 1 heterocycles. The van der Waals surface area contributed by atoms with Crippen molar-refractivity contribution in [3.63, 3.8) is 0 Å². The Bertz CT molecular complexity index is 864. The minimum atomic E-state index is -3.70. The van der Waals surface area contributed by atoms with Crippen LogP contribution < -0.4 is 5.32 Å². The topological polar surface area (TPSA) is 66.5 Å². The molecule has 1 aliphatic rings. The molecule has 0 saturated carbocycles. The van der Waals surface area contributed by atoms with E-state index in [9.17, 15) is 13.2 Å². The molecular formula is C18H19ClN2O3S. The lowest BCUT2D eigenvalue weighted by molar-refractivity contribution is -0.119. The second-order valence-electron chi connectivity index (χ2n) is 6.08. The Balaban J connectivity index is 1.80. The first-order valence-corrected chi connectivity index (χ1v) is 9.85. The van der Waals surface area contributed by atoms with Gasteiger partial charge in [0.25, 0.3) is 0 Å². The Morgan fingerprint density at radius 1 is 1.12 bits per heavy atom. The van der Waals surface area contributed by atoms with Crippen LogP contribution in [0.3, 0.4) is 0 Å². The number of hydrogen-bond donors (Lipinski definition) is 1. The third-order valence-corrected chi connectivity index (χ3v) is 6.42. The molecule has 25 heavy (non-hydrogen) atoms. The molecule has 1 N–H and O–H groups in total. The summed E-state index contributed by atoms with van der Waals surface area (Å²) in [5, 5.41) is 3.34. The first-order valence-electron chi connectivity index (χ1n) is 8.03. The van der Waals surface area contributed by atoms with Gasteiger partial charge in [0.15, 0.2) is 0 Å². The first-order chi connectivity index (χ1) is 11.9. The molecule has 132 valence electrons. The van der Waals surface area contributed by atoms with Gasteiger partial charge in [0.05, 0.1) is 4.90 Å². The molecule has 0 spiro atoms. The zero-order valence-corrected chi connectivity index (χ0v) is 15.3. The number of amides is 1. The van der Waals surface area contributed by atoms with Crippen molar-refractivity contribution in [3.8, 4) is 0 Å². The van der Waals surface area contributed by atoms with Gasteiger partial charge in [-0.2, -0.15) is 4.31 Å². The molecule has 7 heteroatoms. The van der Waals surface area contributed by atoms with Crippen LogP contribution in [0, 0.1) is 6.92 Å². The minimum Gasteiger partial charge on any atom is -0.325 e. The summed E-state index contributed by atoms with van der Waals surface area (Å²) in [5.41, 5.74) is 1.58. The lowest BCUT2D eigenvalue weighted by atomic mass is 10.2. The average Bonchev–Trinajstić information content (AvgIpc) is 3.08. The Labute approximate surface area is 152 Å². The van der Waals surface area contributed by atoms with E-state index in [0.717, 1.165) is 5.56 Å². The molecule has 0 aliphatic carbocycles. The highest BCUT2D eigenvalue weighted by Crippen LogP contribution is 2.27. The van der Waals surface area contributed by atoms with Crippen LogP contribution in [0.5, 0.6) is 0 Å². The number of carbonyl (C=O) groups excluding carboxylic acids is 1. The van der Waals surface area contributed by atoms with Gasteiger partial charge in [0, 0.05) is 17.3 Å². The molecule has 1 amide bonds. The summed E-state index contributed by atoms with van der Waals surface area (Å²) in [6.45, 7) is 2.24. The Morgan fingerprint density at radius 3 is 2.40 bits per heavy atom. The van der Waals surface area contributed by atoms with Crippen LogP contribution in [0.2, 0.25) is 5.02 Å². The van der Waals surface area contributed by atoms with Crippen molar-refractivity contribution in [2.45, 2.75) is 30.7 Å². The molecule has 0 radical (unpaired) electrons. The Hall–Kier alpha value is -1.89. The van der Waals surface area contributed by atoms with Gasteiger partial charge in [-0.3, -0.25) is 4.79 Å². The number of aryl methyl sites for hydroxylation is 1. The lowest BCUT2D eigenvalue weighted by Crippen LogP contribution is -2.43. The number of benzene rings is 2. The van der Waals surface area contributed by atoms with Crippen LogP contribution in [-0.4, -0.2) is 31.2 Å². The molecule has 1 atom stereocenters. The SMILES string of the molecule is Cc1ccc(S(=O)(=O)N2CCCC2C(=O)Nc2ccc(Cl)cc2)cc1. The normalized spacial score (nSPS) is 18.2. The Morgan fingerprint density at radius 2 is 1.76 bits per heavy atom. The maximum absolute atomic E-state index is 12.9. The maximum atomic E-state index is 12.9. The quantitative estimate of drug-likeness (QED) is 0.886. The van der Waals surface area contributed by atoms with E-state index in [4.69, 9.17) is 11.6 Å². The van der Waals surface area contributed by atoms with Gasteiger partial charge in [-0.1, -0.05) is 29.3 Å². The number of hydrogen-bond acceptors (Lipinski definition) is 3. The summed E-state index contributed by atoms with van der Waals surface area (Å²) in [5.74, 6) is -0.324. The Kier molecular flexibility index (Phi) is 5.13. The largest absolute Gasteiger partial charge is 0.325 e. The summed E-state index contributed by atoms with van der Waals surface area (Å²) in [7, 11) is -3.70. The first kappa shape index (κ1) is 17.9. The van der Waals surface area contributed by atoms with Crippen molar-refractivity contribution in [3.05, 3.63) is 59.1 Å². The zero-order valence-electron chi connectivity index (χ0n) is 13.8. The number of rotatable bonds is 4. The highest BCUT2D eigenvalue weighted by molar-refractivity contribution is 7.89. The van der Waals surface area contributed by atoms with Crippen LogP contribution in [-0.2, 0) is 14.8 Å². The number of nitrogens with one attached hydrogen (secondary N) is 1. The van der Waals surface area contributed by atoms with E-state index in [1.54, 1.807) is 48.5 Å². The van der Waals surface area contributed by atoms with Crippen LogP contribution >= 0.6 is 11.6 Å². The average molecular weight is 379 g/mol. The van der Waals surface area contributed by atoms with Gasteiger partial charge >= 0.3 is 0 Å². The molecule has 1 aliphatic heterocycles. The fourth-order valence-electron chi connectivity index (χ4n) is 2.89. The molecule has 5 nitrogen and oxygen atoms in total. The van der Waals surface area contributed by atoms with E-state index >= 15 is 0 Å². The fourth-order valence-corrected chi connectivity index (χ4v) is 4.68. The van der Waals surface area contributed by atoms with Gasteiger partial charge < -0.3 is 5.32 Å². The van der Waals surface area contributed by atoms with Gasteiger partial charge in [-0.15, -0.1) is 0 Å². The number of anilines is 1. The summed E-state index contributed by atoms with van der Waals surface area (Å²) >= 11 is 5.84. The van der Waals surface area contributed by atoms with Crippen molar-refractivity contribution >= 4 is 33.2 Å². The highest BCUT2D eigenvalue weighted by atomic mass is 35.5. The minimum absolute atomic E-state index is 0.212. The third-order valence-electron chi connectivity index (χ3n) is 4.25. The molecule has 1 fully saturated rings. The summed E-state index contributed by atoms with van der Waals surface area (Å²) in [4.78, 5) is 12.8. The predicted octanol–water partition coefficient (Wildman–Crippen LogP) is 3.44. The van der Waals surface area contributed by atoms with Gasteiger partial charge in [0.2, 0.25) is 15.9 Å². The van der Waals surface area contributed by atoms with E-state index in [-0.39, 0.29) is 10.8 Å². The second-order valence-corrected chi connectivity index (χ2v) is 8.41. The van der Waals surface area contributed by atoms with Crippen molar-refractivity contribution in [2.75, 3.05) is 11.9 Å². The fraction of sp³-hybridized carbons (Fsp3) is 0.278. The van der Waals surface area contributed by atoms with E-state index < -0.39 is 16.1 Å². The van der Waals surface area contributed by atoms with E-state index in [1.807, 2.05) is 6.92 Å². The molecule has 1 unspecified atom stereocenters. The summed E-state index contributed by atoms with van der Waals surface area (Å²) in [6.07, 6.45) is 1.16. The van der Waals surface area contributed by atoms with Crippen LogP contribution in [0.1, 0.15) is 18.4 Å². The number of nitrogens with zero attached hydrogens (tertiary/aromatic N) is 1. The zero-order chi connectivity index (χ0) is 18.0.